The van der Waals surface area contributed by atoms with Crippen molar-refractivity contribution in [1.82, 2.24) is 15.0 Å². The third-order valence-corrected chi connectivity index (χ3v) is 1.51. The SMILES string of the molecule is CCNc1nc(OC)nc(OC(C)(C)C)n1. The topological polar surface area (TPSA) is 69.2 Å². The minimum absolute atomic E-state index is 0.241. The van der Waals surface area contributed by atoms with Gasteiger partial charge < -0.3 is 14.8 Å². The summed E-state index contributed by atoms with van der Waals surface area (Å²) in [5.74, 6) is 0.452. The number of rotatable bonds is 4. The van der Waals surface area contributed by atoms with E-state index >= 15 is 0 Å². The van der Waals surface area contributed by atoms with E-state index in [4.69, 9.17) is 9.47 Å². The molecule has 0 radical (unpaired) electrons. The molecule has 0 unspecified atom stereocenters. The van der Waals surface area contributed by atoms with Crippen LogP contribution in [-0.2, 0) is 0 Å². The van der Waals surface area contributed by atoms with Crippen molar-refractivity contribution in [3.8, 4) is 12.0 Å². The van der Waals surface area contributed by atoms with Crippen molar-refractivity contribution in [2.45, 2.75) is 33.3 Å². The Morgan fingerprint density at radius 2 is 1.75 bits per heavy atom. The molecule has 0 bridgehead atoms. The summed E-state index contributed by atoms with van der Waals surface area (Å²) >= 11 is 0. The van der Waals surface area contributed by atoms with Crippen LogP contribution in [0.25, 0.3) is 0 Å². The van der Waals surface area contributed by atoms with Crippen LogP contribution in [0, 0.1) is 0 Å². The second-order valence-corrected chi connectivity index (χ2v) is 4.17. The molecule has 90 valence electrons. The third kappa shape index (κ3) is 3.88. The van der Waals surface area contributed by atoms with Gasteiger partial charge in [-0.2, -0.15) is 9.97 Å². The first-order valence-corrected chi connectivity index (χ1v) is 5.17. The van der Waals surface area contributed by atoms with Gasteiger partial charge in [0.1, 0.15) is 5.60 Å². The number of aromatic nitrogens is 3. The molecule has 0 saturated heterocycles. The van der Waals surface area contributed by atoms with Crippen LogP contribution < -0.4 is 14.8 Å². The molecule has 0 atom stereocenters. The van der Waals surface area contributed by atoms with E-state index in [1.807, 2.05) is 27.7 Å². The maximum Gasteiger partial charge on any atom is 0.324 e. The van der Waals surface area contributed by atoms with Gasteiger partial charge >= 0.3 is 12.0 Å². The molecular formula is C10H18N4O2. The highest BCUT2D eigenvalue weighted by Gasteiger charge is 2.16. The molecular weight excluding hydrogens is 208 g/mol. The normalized spacial score (nSPS) is 11.1. The first-order chi connectivity index (χ1) is 7.44. The van der Waals surface area contributed by atoms with Gasteiger partial charge in [0.2, 0.25) is 5.95 Å². The standard InChI is InChI=1S/C10H18N4O2/c1-6-11-7-12-8(15-5)14-9(13-7)16-10(2,3)4/h6H2,1-5H3,(H,11,12,13,14). The average Bonchev–Trinajstić information content (AvgIpc) is 2.15. The predicted octanol–water partition coefficient (Wildman–Crippen LogP) is 1.49. The Labute approximate surface area is 95.4 Å². The second kappa shape index (κ2) is 4.96. The lowest BCUT2D eigenvalue weighted by Crippen LogP contribution is -2.24. The maximum atomic E-state index is 5.55. The van der Waals surface area contributed by atoms with Crippen molar-refractivity contribution in [3.05, 3.63) is 0 Å². The van der Waals surface area contributed by atoms with Gasteiger partial charge in [0, 0.05) is 6.54 Å². The third-order valence-electron chi connectivity index (χ3n) is 1.51. The Morgan fingerprint density at radius 3 is 2.25 bits per heavy atom. The van der Waals surface area contributed by atoms with Crippen molar-refractivity contribution >= 4 is 5.95 Å². The molecule has 0 fully saturated rings. The summed E-state index contributed by atoms with van der Waals surface area (Å²) in [6, 6.07) is 0.500. The van der Waals surface area contributed by atoms with Gasteiger partial charge in [-0.15, -0.1) is 4.98 Å². The number of hydrogen-bond acceptors (Lipinski definition) is 6. The molecule has 1 N–H and O–H groups in total. The fraction of sp³-hybridized carbons (Fsp3) is 0.700. The highest BCUT2D eigenvalue weighted by atomic mass is 16.5. The van der Waals surface area contributed by atoms with Crippen molar-refractivity contribution in [2.75, 3.05) is 19.0 Å². The Morgan fingerprint density at radius 1 is 1.12 bits per heavy atom. The first kappa shape index (κ1) is 12.5. The molecule has 6 nitrogen and oxygen atoms in total. The van der Waals surface area contributed by atoms with E-state index < -0.39 is 0 Å². The predicted molar refractivity (Wildman–Crippen MR) is 60.9 cm³/mol. The van der Waals surface area contributed by atoms with Gasteiger partial charge in [-0.25, -0.2) is 0 Å². The molecule has 0 spiro atoms. The van der Waals surface area contributed by atoms with E-state index in [-0.39, 0.29) is 17.6 Å². The van der Waals surface area contributed by atoms with Gasteiger partial charge in [-0.05, 0) is 27.7 Å². The van der Waals surface area contributed by atoms with Gasteiger partial charge in [0.25, 0.3) is 0 Å². The van der Waals surface area contributed by atoms with E-state index in [1.54, 1.807) is 0 Å². The van der Waals surface area contributed by atoms with Crippen LogP contribution in [-0.4, -0.2) is 34.2 Å². The maximum absolute atomic E-state index is 5.55. The summed E-state index contributed by atoms with van der Waals surface area (Å²) in [6.07, 6.45) is 0. The lowest BCUT2D eigenvalue weighted by atomic mass is 10.2. The summed E-state index contributed by atoms with van der Waals surface area (Å²) in [6.45, 7) is 8.46. The van der Waals surface area contributed by atoms with Gasteiger partial charge in [0.05, 0.1) is 7.11 Å². The van der Waals surface area contributed by atoms with Crippen LogP contribution in [0.4, 0.5) is 5.95 Å². The van der Waals surface area contributed by atoms with Crippen LogP contribution in [0.15, 0.2) is 0 Å². The number of nitrogens with zero attached hydrogens (tertiary/aromatic N) is 3. The van der Waals surface area contributed by atoms with Crippen molar-refractivity contribution in [1.29, 1.82) is 0 Å². The monoisotopic (exact) mass is 226 g/mol. The zero-order chi connectivity index (χ0) is 12.2. The van der Waals surface area contributed by atoms with E-state index in [0.717, 1.165) is 6.54 Å². The summed E-state index contributed by atoms with van der Waals surface area (Å²) < 4.78 is 10.5. The number of nitrogens with one attached hydrogen (secondary N) is 1. The fourth-order valence-electron chi connectivity index (χ4n) is 0.986. The van der Waals surface area contributed by atoms with E-state index in [0.29, 0.717) is 5.95 Å². The Balaban J connectivity index is 2.95. The molecule has 1 heterocycles. The number of methoxy groups -OCH3 is 1. The minimum atomic E-state index is -0.351. The highest BCUT2D eigenvalue weighted by molar-refractivity contribution is 5.27. The van der Waals surface area contributed by atoms with Crippen LogP contribution in [0.1, 0.15) is 27.7 Å². The molecule has 1 aromatic rings. The van der Waals surface area contributed by atoms with Crippen LogP contribution in [0.5, 0.6) is 12.0 Å². The molecule has 1 aromatic heterocycles. The number of hydrogen-bond donors (Lipinski definition) is 1. The van der Waals surface area contributed by atoms with E-state index in [9.17, 15) is 0 Å². The van der Waals surface area contributed by atoms with Gasteiger partial charge in [-0.1, -0.05) is 0 Å². The second-order valence-electron chi connectivity index (χ2n) is 4.17. The Bertz CT molecular complexity index is 349. The van der Waals surface area contributed by atoms with E-state index in [2.05, 4.69) is 20.3 Å². The molecule has 0 amide bonds. The molecule has 1 rings (SSSR count). The average molecular weight is 226 g/mol. The summed E-state index contributed by atoms with van der Waals surface area (Å²) in [5, 5.41) is 2.99. The molecule has 16 heavy (non-hydrogen) atoms. The van der Waals surface area contributed by atoms with E-state index in [1.165, 1.54) is 7.11 Å². The molecule has 0 aliphatic carbocycles. The van der Waals surface area contributed by atoms with Gasteiger partial charge in [-0.3, -0.25) is 0 Å². The Hall–Kier alpha value is -1.59. The summed E-state index contributed by atoms with van der Waals surface area (Å²) in [4.78, 5) is 12.2. The van der Waals surface area contributed by atoms with Crippen molar-refractivity contribution in [3.63, 3.8) is 0 Å². The largest absolute Gasteiger partial charge is 0.467 e. The highest BCUT2D eigenvalue weighted by Crippen LogP contribution is 2.17. The summed E-state index contributed by atoms with van der Waals surface area (Å²) in [5.41, 5.74) is -0.351. The molecule has 0 aliphatic rings. The lowest BCUT2D eigenvalue weighted by Gasteiger charge is -2.19. The summed E-state index contributed by atoms with van der Waals surface area (Å²) in [7, 11) is 1.51. The Kier molecular flexibility index (Phi) is 3.87. The first-order valence-electron chi connectivity index (χ1n) is 5.17. The minimum Gasteiger partial charge on any atom is -0.467 e. The fourth-order valence-corrected chi connectivity index (χ4v) is 0.986. The molecule has 0 saturated carbocycles. The lowest BCUT2D eigenvalue weighted by molar-refractivity contribution is 0.115. The van der Waals surface area contributed by atoms with Crippen LogP contribution in [0.3, 0.4) is 0 Å². The zero-order valence-electron chi connectivity index (χ0n) is 10.4. The number of anilines is 1. The zero-order valence-corrected chi connectivity index (χ0v) is 10.4. The van der Waals surface area contributed by atoms with Crippen LogP contribution in [0.2, 0.25) is 0 Å². The molecule has 0 aromatic carbocycles. The molecule has 0 aliphatic heterocycles. The smallest absolute Gasteiger partial charge is 0.324 e. The van der Waals surface area contributed by atoms with Crippen molar-refractivity contribution in [2.24, 2.45) is 0 Å². The van der Waals surface area contributed by atoms with Crippen molar-refractivity contribution < 1.29 is 9.47 Å². The quantitative estimate of drug-likeness (QED) is 0.838. The van der Waals surface area contributed by atoms with Crippen LogP contribution >= 0.6 is 0 Å². The van der Waals surface area contributed by atoms with Gasteiger partial charge in [0.15, 0.2) is 0 Å². The number of ether oxygens (including phenoxy) is 2. The molecule has 6 heteroatoms.